The number of aryl methyl sites for hydroxylation is 1. The Hall–Kier alpha value is -1.68. The van der Waals surface area contributed by atoms with Crippen molar-refractivity contribution < 1.29 is 9.63 Å². The predicted octanol–water partition coefficient (Wildman–Crippen LogP) is 1.65. The van der Waals surface area contributed by atoms with Crippen LogP contribution in [0.5, 0.6) is 0 Å². The van der Waals surface area contributed by atoms with Gasteiger partial charge in [-0.3, -0.25) is 0 Å². The summed E-state index contributed by atoms with van der Waals surface area (Å²) < 4.78 is 4.83. The largest absolute Gasteiger partial charge is 0.388 e. The van der Waals surface area contributed by atoms with Gasteiger partial charge in [-0.25, -0.2) is 0 Å². The fourth-order valence-corrected chi connectivity index (χ4v) is 1.39. The van der Waals surface area contributed by atoms with Crippen LogP contribution in [0.25, 0.3) is 0 Å². The number of hydrogen-bond acceptors (Lipinski definition) is 4. The molecule has 0 aliphatic heterocycles. The van der Waals surface area contributed by atoms with Crippen molar-refractivity contribution in [3.8, 4) is 0 Å². The molecule has 0 saturated heterocycles. The molecular formula is C11H12N2O2. The average molecular weight is 204 g/mol. The Kier molecular flexibility index (Phi) is 2.78. The summed E-state index contributed by atoms with van der Waals surface area (Å²) in [5.41, 5.74) is 0.861. The Morgan fingerprint density at radius 3 is 2.67 bits per heavy atom. The van der Waals surface area contributed by atoms with Crippen LogP contribution in [-0.2, 0) is 6.42 Å². The highest BCUT2D eigenvalue weighted by Gasteiger charge is 2.11. The molecule has 4 nitrogen and oxygen atoms in total. The van der Waals surface area contributed by atoms with E-state index in [1.54, 1.807) is 6.92 Å². The zero-order chi connectivity index (χ0) is 10.7. The van der Waals surface area contributed by atoms with Crippen LogP contribution in [0.3, 0.4) is 0 Å². The molecule has 15 heavy (non-hydrogen) atoms. The first kappa shape index (κ1) is 9.86. The van der Waals surface area contributed by atoms with Gasteiger partial charge in [0.2, 0.25) is 5.89 Å². The number of benzene rings is 1. The van der Waals surface area contributed by atoms with Crippen molar-refractivity contribution in [1.82, 2.24) is 10.1 Å². The minimum atomic E-state index is -0.580. The average Bonchev–Trinajstić information content (AvgIpc) is 2.65. The highest BCUT2D eigenvalue weighted by Crippen LogP contribution is 2.15. The summed E-state index contributed by atoms with van der Waals surface area (Å²) in [4.78, 5) is 4.04. The monoisotopic (exact) mass is 204 g/mol. The van der Waals surface area contributed by atoms with Gasteiger partial charge in [0.25, 0.3) is 0 Å². The van der Waals surface area contributed by atoms with E-state index in [-0.39, 0.29) is 0 Å². The van der Waals surface area contributed by atoms with Gasteiger partial charge in [-0.05, 0) is 5.56 Å². The first-order valence-corrected chi connectivity index (χ1v) is 4.78. The molecular weight excluding hydrogens is 192 g/mol. The van der Waals surface area contributed by atoms with Crippen molar-refractivity contribution in [2.45, 2.75) is 19.4 Å². The van der Waals surface area contributed by atoms with Gasteiger partial charge in [0.15, 0.2) is 5.82 Å². The summed E-state index contributed by atoms with van der Waals surface area (Å²) in [6.45, 7) is 1.73. The number of rotatable bonds is 3. The molecule has 0 fully saturated rings. The second-order valence-corrected chi connectivity index (χ2v) is 3.36. The van der Waals surface area contributed by atoms with Gasteiger partial charge in [-0.2, -0.15) is 4.98 Å². The molecule has 2 aromatic rings. The molecule has 2 rings (SSSR count). The quantitative estimate of drug-likeness (QED) is 0.825. The zero-order valence-electron chi connectivity index (χ0n) is 8.42. The van der Waals surface area contributed by atoms with Gasteiger partial charge < -0.3 is 9.63 Å². The highest BCUT2D eigenvalue weighted by atomic mass is 16.5. The third-order valence-corrected chi connectivity index (χ3v) is 2.13. The smallest absolute Gasteiger partial charge is 0.223 e. The first-order chi connectivity index (χ1) is 7.25. The second kappa shape index (κ2) is 4.23. The Balaban J connectivity index is 2.07. The van der Waals surface area contributed by atoms with E-state index in [9.17, 15) is 5.11 Å². The Bertz CT molecular complexity index is 425. The van der Waals surface area contributed by atoms with Gasteiger partial charge in [0.1, 0.15) is 0 Å². The summed E-state index contributed by atoms with van der Waals surface area (Å²) in [6.07, 6.45) is -0.204. The molecule has 1 unspecified atom stereocenters. The minimum absolute atomic E-state index is 0.376. The molecule has 0 bridgehead atoms. The lowest BCUT2D eigenvalue weighted by Crippen LogP contribution is -2.02. The van der Waals surface area contributed by atoms with Gasteiger partial charge in [-0.1, -0.05) is 35.5 Å². The molecule has 0 radical (unpaired) electrons. The summed E-state index contributed by atoms with van der Waals surface area (Å²) in [5, 5.41) is 13.6. The van der Waals surface area contributed by atoms with Crippen LogP contribution in [-0.4, -0.2) is 15.2 Å². The van der Waals surface area contributed by atoms with E-state index in [2.05, 4.69) is 10.1 Å². The maximum Gasteiger partial charge on any atom is 0.223 e. The van der Waals surface area contributed by atoms with E-state index in [0.29, 0.717) is 18.1 Å². The lowest BCUT2D eigenvalue weighted by atomic mass is 10.1. The van der Waals surface area contributed by atoms with Crippen molar-refractivity contribution in [3.63, 3.8) is 0 Å². The molecule has 1 N–H and O–H groups in total. The van der Waals surface area contributed by atoms with Gasteiger partial charge >= 0.3 is 0 Å². The van der Waals surface area contributed by atoms with E-state index < -0.39 is 6.10 Å². The summed E-state index contributed by atoms with van der Waals surface area (Å²) in [6, 6.07) is 9.43. The SMILES string of the molecule is Cc1nc(CC(O)c2ccccc2)no1. The van der Waals surface area contributed by atoms with Gasteiger partial charge in [-0.15, -0.1) is 0 Å². The molecule has 0 aliphatic rings. The Morgan fingerprint density at radius 1 is 1.33 bits per heavy atom. The van der Waals surface area contributed by atoms with Gasteiger partial charge in [0.05, 0.1) is 6.10 Å². The van der Waals surface area contributed by atoms with Gasteiger partial charge in [0, 0.05) is 13.3 Å². The zero-order valence-corrected chi connectivity index (χ0v) is 8.42. The van der Waals surface area contributed by atoms with Crippen LogP contribution < -0.4 is 0 Å². The maximum absolute atomic E-state index is 9.86. The second-order valence-electron chi connectivity index (χ2n) is 3.36. The molecule has 0 aliphatic carbocycles. The highest BCUT2D eigenvalue weighted by molar-refractivity contribution is 5.18. The molecule has 0 spiro atoms. The first-order valence-electron chi connectivity index (χ1n) is 4.78. The van der Waals surface area contributed by atoms with Crippen molar-refractivity contribution >= 4 is 0 Å². The maximum atomic E-state index is 9.86. The molecule has 1 aromatic carbocycles. The standard InChI is InChI=1S/C11H12N2O2/c1-8-12-11(13-15-8)7-10(14)9-5-3-2-4-6-9/h2-6,10,14H,7H2,1H3. The van der Waals surface area contributed by atoms with Crippen LogP contribution in [0.1, 0.15) is 23.4 Å². The molecule has 0 saturated carbocycles. The topological polar surface area (TPSA) is 59.2 Å². The van der Waals surface area contributed by atoms with E-state index in [4.69, 9.17) is 4.52 Å². The number of aliphatic hydroxyl groups excluding tert-OH is 1. The van der Waals surface area contributed by atoms with Crippen LogP contribution in [0, 0.1) is 6.92 Å². The van der Waals surface area contributed by atoms with Crippen LogP contribution in [0.15, 0.2) is 34.9 Å². The molecule has 0 amide bonds. The molecule has 1 atom stereocenters. The van der Waals surface area contributed by atoms with Crippen molar-refractivity contribution in [3.05, 3.63) is 47.6 Å². The minimum Gasteiger partial charge on any atom is -0.388 e. The summed E-state index contributed by atoms with van der Waals surface area (Å²) in [5.74, 6) is 1.05. The Labute approximate surface area is 87.6 Å². The van der Waals surface area contributed by atoms with E-state index in [1.165, 1.54) is 0 Å². The Morgan fingerprint density at radius 2 is 2.07 bits per heavy atom. The van der Waals surface area contributed by atoms with E-state index in [0.717, 1.165) is 5.56 Å². The van der Waals surface area contributed by atoms with Crippen LogP contribution in [0.2, 0.25) is 0 Å². The predicted molar refractivity (Wildman–Crippen MR) is 54.1 cm³/mol. The van der Waals surface area contributed by atoms with Crippen LogP contribution in [0.4, 0.5) is 0 Å². The fraction of sp³-hybridized carbons (Fsp3) is 0.273. The fourth-order valence-electron chi connectivity index (χ4n) is 1.39. The van der Waals surface area contributed by atoms with E-state index in [1.807, 2.05) is 30.3 Å². The third kappa shape index (κ3) is 2.41. The summed E-state index contributed by atoms with van der Waals surface area (Å²) in [7, 11) is 0. The molecule has 4 heteroatoms. The van der Waals surface area contributed by atoms with E-state index >= 15 is 0 Å². The van der Waals surface area contributed by atoms with Crippen molar-refractivity contribution in [2.24, 2.45) is 0 Å². The molecule has 1 heterocycles. The van der Waals surface area contributed by atoms with Crippen LogP contribution >= 0.6 is 0 Å². The van der Waals surface area contributed by atoms with Crippen molar-refractivity contribution in [2.75, 3.05) is 0 Å². The molecule has 78 valence electrons. The third-order valence-electron chi connectivity index (χ3n) is 2.13. The molecule has 1 aromatic heterocycles. The summed E-state index contributed by atoms with van der Waals surface area (Å²) >= 11 is 0. The van der Waals surface area contributed by atoms with Crippen molar-refractivity contribution in [1.29, 1.82) is 0 Å². The number of hydrogen-bond donors (Lipinski definition) is 1. The lowest BCUT2D eigenvalue weighted by molar-refractivity contribution is 0.174. The number of aliphatic hydroxyl groups is 1. The lowest BCUT2D eigenvalue weighted by Gasteiger charge is -2.07. The number of aromatic nitrogens is 2. The number of nitrogens with zero attached hydrogens (tertiary/aromatic N) is 2. The normalized spacial score (nSPS) is 12.7.